The maximum Gasteiger partial charge on any atom is 0.337 e. The Balaban J connectivity index is 1.76. The predicted octanol–water partition coefficient (Wildman–Crippen LogP) is 2.20. The number of sulfonamides is 1. The molecule has 8 heteroatoms. The number of carboxylic acid groups (broad SMARTS) is 1. The molecule has 25 heavy (non-hydrogen) atoms. The van der Waals surface area contributed by atoms with E-state index in [0.717, 1.165) is 38.5 Å². The van der Waals surface area contributed by atoms with E-state index in [2.05, 4.69) is 10.0 Å². The Morgan fingerprint density at radius 2 is 1.96 bits per heavy atom. The topological polar surface area (TPSA) is 105 Å². The summed E-state index contributed by atoms with van der Waals surface area (Å²) in [4.78, 5) is 11.5. The molecule has 0 bridgehead atoms. The molecule has 1 aliphatic carbocycles. The summed E-state index contributed by atoms with van der Waals surface area (Å²) in [6, 6.07) is 4.46. The van der Waals surface area contributed by atoms with Crippen molar-refractivity contribution in [2.24, 2.45) is 0 Å². The highest BCUT2D eigenvalue weighted by Crippen LogP contribution is 2.26. The van der Waals surface area contributed by atoms with Gasteiger partial charge in [-0.05, 0) is 43.9 Å². The molecule has 7 nitrogen and oxygen atoms in total. The van der Waals surface area contributed by atoms with E-state index in [4.69, 9.17) is 4.74 Å². The second-order valence-electron chi connectivity index (χ2n) is 6.63. The van der Waals surface area contributed by atoms with Gasteiger partial charge < -0.3 is 15.2 Å². The predicted molar refractivity (Wildman–Crippen MR) is 93.4 cm³/mol. The van der Waals surface area contributed by atoms with Crippen LogP contribution < -0.4 is 10.0 Å². The van der Waals surface area contributed by atoms with Crippen molar-refractivity contribution in [2.75, 3.05) is 18.5 Å². The van der Waals surface area contributed by atoms with Crippen LogP contribution in [0, 0.1) is 0 Å². The quantitative estimate of drug-likeness (QED) is 0.681. The minimum absolute atomic E-state index is 0.0214. The van der Waals surface area contributed by atoms with E-state index in [1.807, 2.05) is 0 Å². The second kappa shape index (κ2) is 7.72. The number of benzene rings is 1. The fourth-order valence-corrected chi connectivity index (χ4v) is 4.47. The van der Waals surface area contributed by atoms with Gasteiger partial charge in [0, 0.05) is 24.9 Å². The number of hydrogen-bond acceptors (Lipinski definition) is 5. The standard InChI is InChI=1S/C17H24N2O5S/c20-17(21)15-10-14(7-8-16(15)19-12-4-1-2-5-12)25(22,23)18-11-13-6-3-9-24-13/h7-8,10,12-13,18-19H,1-6,9,11H2,(H,20,21)/t13-/m1/s1. The van der Waals surface area contributed by atoms with Crippen LogP contribution in [0.25, 0.3) is 0 Å². The Bertz CT molecular complexity index is 723. The van der Waals surface area contributed by atoms with Gasteiger partial charge in [-0.1, -0.05) is 12.8 Å². The minimum Gasteiger partial charge on any atom is -0.478 e. The van der Waals surface area contributed by atoms with Crippen molar-refractivity contribution in [3.8, 4) is 0 Å². The molecule has 0 unspecified atom stereocenters. The summed E-state index contributed by atoms with van der Waals surface area (Å²) in [5.41, 5.74) is 0.448. The number of aromatic carboxylic acids is 1. The maximum absolute atomic E-state index is 12.4. The number of carboxylic acids is 1. The molecule has 3 N–H and O–H groups in total. The molecule has 0 spiro atoms. The van der Waals surface area contributed by atoms with Gasteiger partial charge in [0.2, 0.25) is 10.0 Å². The smallest absolute Gasteiger partial charge is 0.337 e. The van der Waals surface area contributed by atoms with Gasteiger partial charge in [-0.25, -0.2) is 17.9 Å². The largest absolute Gasteiger partial charge is 0.478 e. The Kier molecular flexibility index (Phi) is 5.61. The molecular weight excluding hydrogens is 344 g/mol. The molecule has 1 heterocycles. The van der Waals surface area contributed by atoms with E-state index in [1.54, 1.807) is 6.07 Å². The third-order valence-corrected chi connectivity index (χ3v) is 6.19. The molecule has 2 fully saturated rings. The molecule has 1 aromatic rings. The molecule has 1 atom stereocenters. The van der Waals surface area contributed by atoms with Crippen LogP contribution >= 0.6 is 0 Å². The number of hydrogen-bond donors (Lipinski definition) is 3. The summed E-state index contributed by atoms with van der Waals surface area (Å²) in [6.45, 7) is 0.851. The van der Waals surface area contributed by atoms with Crippen molar-refractivity contribution in [1.29, 1.82) is 0 Å². The van der Waals surface area contributed by atoms with Crippen LogP contribution in [0.2, 0.25) is 0 Å². The second-order valence-corrected chi connectivity index (χ2v) is 8.39. The first-order valence-corrected chi connectivity index (χ1v) is 10.2. The molecular formula is C17H24N2O5S. The van der Waals surface area contributed by atoms with Crippen molar-refractivity contribution in [3.63, 3.8) is 0 Å². The van der Waals surface area contributed by atoms with Gasteiger partial charge in [0.15, 0.2) is 0 Å². The summed E-state index contributed by atoms with van der Waals surface area (Å²) in [5.74, 6) is -1.14. The van der Waals surface area contributed by atoms with Crippen molar-refractivity contribution < 1.29 is 23.1 Å². The van der Waals surface area contributed by atoms with Gasteiger partial charge in [-0.2, -0.15) is 0 Å². The van der Waals surface area contributed by atoms with Gasteiger partial charge >= 0.3 is 5.97 Å². The Morgan fingerprint density at radius 3 is 2.60 bits per heavy atom. The first-order chi connectivity index (χ1) is 12.0. The molecule has 1 saturated carbocycles. The van der Waals surface area contributed by atoms with E-state index in [9.17, 15) is 18.3 Å². The summed E-state index contributed by atoms with van der Waals surface area (Å²) >= 11 is 0. The van der Waals surface area contributed by atoms with E-state index >= 15 is 0 Å². The highest BCUT2D eigenvalue weighted by atomic mass is 32.2. The van der Waals surface area contributed by atoms with Crippen LogP contribution in [-0.4, -0.2) is 44.8 Å². The molecule has 138 valence electrons. The van der Waals surface area contributed by atoms with Crippen molar-refractivity contribution in [2.45, 2.75) is 55.6 Å². The molecule has 1 saturated heterocycles. The van der Waals surface area contributed by atoms with Crippen LogP contribution in [0.15, 0.2) is 23.1 Å². The summed E-state index contributed by atoms with van der Waals surface area (Å²) in [7, 11) is -3.77. The lowest BCUT2D eigenvalue weighted by Gasteiger charge is -2.17. The van der Waals surface area contributed by atoms with Crippen LogP contribution in [0.4, 0.5) is 5.69 Å². The first-order valence-electron chi connectivity index (χ1n) is 8.71. The summed E-state index contributed by atoms with van der Waals surface area (Å²) < 4.78 is 32.8. The summed E-state index contributed by atoms with van der Waals surface area (Å²) in [5, 5.41) is 12.7. The molecule has 0 aromatic heterocycles. The number of nitrogens with one attached hydrogen (secondary N) is 2. The van der Waals surface area contributed by atoms with E-state index in [0.29, 0.717) is 12.3 Å². The average molecular weight is 368 g/mol. The lowest BCUT2D eigenvalue weighted by atomic mass is 10.1. The van der Waals surface area contributed by atoms with Crippen molar-refractivity contribution >= 4 is 21.7 Å². The number of ether oxygens (including phenoxy) is 1. The maximum atomic E-state index is 12.4. The van der Waals surface area contributed by atoms with E-state index < -0.39 is 16.0 Å². The van der Waals surface area contributed by atoms with E-state index in [1.165, 1.54) is 12.1 Å². The van der Waals surface area contributed by atoms with Gasteiger partial charge in [0.1, 0.15) is 0 Å². The van der Waals surface area contributed by atoms with Crippen LogP contribution in [0.1, 0.15) is 48.9 Å². The van der Waals surface area contributed by atoms with Crippen LogP contribution in [0.5, 0.6) is 0 Å². The Labute approximate surface area is 147 Å². The van der Waals surface area contributed by atoms with Gasteiger partial charge in [-0.15, -0.1) is 0 Å². The normalized spacial score (nSPS) is 21.5. The van der Waals surface area contributed by atoms with Crippen LogP contribution in [-0.2, 0) is 14.8 Å². The molecule has 2 aliphatic rings. The monoisotopic (exact) mass is 368 g/mol. The fourth-order valence-electron chi connectivity index (χ4n) is 3.37. The van der Waals surface area contributed by atoms with Crippen molar-refractivity contribution in [1.82, 2.24) is 4.72 Å². The Hall–Kier alpha value is -1.64. The van der Waals surface area contributed by atoms with Crippen molar-refractivity contribution in [3.05, 3.63) is 23.8 Å². The first kappa shape index (κ1) is 18.2. The molecule has 0 radical (unpaired) electrons. The zero-order chi connectivity index (χ0) is 17.9. The summed E-state index contributed by atoms with van der Waals surface area (Å²) in [6.07, 6.45) is 5.89. The zero-order valence-corrected chi connectivity index (χ0v) is 14.8. The number of carbonyl (C=O) groups is 1. The molecule has 3 rings (SSSR count). The molecule has 1 aromatic carbocycles. The molecule has 0 amide bonds. The van der Waals surface area contributed by atoms with Gasteiger partial charge in [0.05, 0.1) is 16.6 Å². The third kappa shape index (κ3) is 4.50. The zero-order valence-electron chi connectivity index (χ0n) is 14.0. The Morgan fingerprint density at radius 1 is 1.20 bits per heavy atom. The number of rotatable bonds is 7. The molecule has 1 aliphatic heterocycles. The van der Waals surface area contributed by atoms with Gasteiger partial charge in [-0.3, -0.25) is 0 Å². The fraction of sp³-hybridized carbons (Fsp3) is 0.588. The lowest BCUT2D eigenvalue weighted by Crippen LogP contribution is -2.32. The van der Waals surface area contributed by atoms with Crippen LogP contribution in [0.3, 0.4) is 0 Å². The highest BCUT2D eigenvalue weighted by Gasteiger charge is 2.23. The average Bonchev–Trinajstić information content (AvgIpc) is 3.26. The highest BCUT2D eigenvalue weighted by molar-refractivity contribution is 7.89. The minimum atomic E-state index is -3.77. The van der Waals surface area contributed by atoms with E-state index in [-0.39, 0.29) is 29.1 Å². The van der Waals surface area contributed by atoms with Gasteiger partial charge in [0.25, 0.3) is 0 Å². The number of anilines is 1. The third-order valence-electron chi connectivity index (χ3n) is 4.77. The lowest BCUT2D eigenvalue weighted by molar-refractivity contribution is 0.0697. The SMILES string of the molecule is O=C(O)c1cc(S(=O)(=O)NC[C@H]2CCCO2)ccc1NC1CCCC1.